The van der Waals surface area contributed by atoms with Crippen LogP contribution in [0.4, 0.5) is 10.1 Å². The van der Waals surface area contributed by atoms with E-state index in [1.54, 1.807) is 42.5 Å². The highest BCUT2D eigenvalue weighted by molar-refractivity contribution is 7.92. The molecule has 2 amide bonds. The summed E-state index contributed by atoms with van der Waals surface area (Å²) in [6.07, 6.45) is 1.43. The minimum absolute atomic E-state index is 0.0136. The van der Waals surface area contributed by atoms with Crippen LogP contribution in [0.15, 0.2) is 78.9 Å². The predicted molar refractivity (Wildman–Crippen MR) is 168 cm³/mol. The predicted octanol–water partition coefficient (Wildman–Crippen LogP) is 5.33. The molecular weight excluding hydrogens is 569 g/mol. The Hall–Kier alpha value is -3.92. The van der Waals surface area contributed by atoms with Crippen LogP contribution in [0.1, 0.15) is 51.7 Å². The fraction of sp³-hybridized carbons (Fsp3) is 0.394. The Labute approximate surface area is 254 Å². The number of nitrogens with zero attached hydrogens (tertiary/aromatic N) is 2. The number of hydrogen-bond acceptors (Lipinski definition) is 5. The van der Waals surface area contributed by atoms with Crippen molar-refractivity contribution < 1.29 is 27.1 Å². The van der Waals surface area contributed by atoms with Crippen molar-refractivity contribution in [2.75, 3.05) is 23.7 Å². The van der Waals surface area contributed by atoms with E-state index < -0.39 is 27.4 Å². The molecule has 0 saturated carbocycles. The number of halogens is 1. The highest BCUT2D eigenvalue weighted by Crippen LogP contribution is 2.30. The van der Waals surface area contributed by atoms with Crippen molar-refractivity contribution in [1.82, 2.24) is 10.2 Å². The summed E-state index contributed by atoms with van der Waals surface area (Å²) in [4.78, 5) is 29.0. The van der Waals surface area contributed by atoms with Crippen LogP contribution in [0.3, 0.4) is 0 Å². The molecule has 0 aromatic heterocycles. The Bertz CT molecular complexity index is 1480. The maximum atomic E-state index is 14.8. The highest BCUT2D eigenvalue weighted by atomic mass is 32.2. The van der Waals surface area contributed by atoms with Crippen molar-refractivity contribution in [3.05, 3.63) is 95.8 Å². The molecule has 10 heteroatoms. The zero-order valence-corrected chi connectivity index (χ0v) is 26.4. The summed E-state index contributed by atoms with van der Waals surface area (Å²) in [6, 6.07) is 21.4. The minimum Gasteiger partial charge on any atom is -0.492 e. The summed E-state index contributed by atoms with van der Waals surface area (Å²) in [5.41, 5.74) is 0.941. The fourth-order valence-corrected chi connectivity index (χ4v) is 5.71. The molecular formula is C33H42FN3O5S. The molecule has 0 bridgehead atoms. The van der Waals surface area contributed by atoms with E-state index in [2.05, 4.69) is 5.32 Å². The van der Waals surface area contributed by atoms with Crippen LogP contribution >= 0.6 is 0 Å². The van der Waals surface area contributed by atoms with E-state index in [4.69, 9.17) is 4.74 Å². The van der Waals surface area contributed by atoms with Gasteiger partial charge in [0, 0.05) is 37.0 Å². The first-order chi connectivity index (χ1) is 20.3. The zero-order valence-electron chi connectivity index (χ0n) is 25.5. The second kappa shape index (κ2) is 15.0. The van der Waals surface area contributed by atoms with Crippen molar-refractivity contribution >= 4 is 27.5 Å². The molecule has 3 aromatic carbocycles. The molecule has 0 saturated heterocycles. The first kappa shape index (κ1) is 33.6. The number of rotatable bonds is 14. The summed E-state index contributed by atoms with van der Waals surface area (Å²) < 4.78 is 47.3. The van der Waals surface area contributed by atoms with Crippen molar-refractivity contribution in [2.45, 2.75) is 65.1 Å². The monoisotopic (exact) mass is 611 g/mol. The van der Waals surface area contributed by atoms with Gasteiger partial charge in [-0.25, -0.2) is 12.8 Å². The van der Waals surface area contributed by atoms with E-state index in [9.17, 15) is 22.4 Å². The number of para-hydroxylation sites is 2. The Balaban J connectivity index is 1.93. The molecule has 1 atom stereocenters. The lowest BCUT2D eigenvalue weighted by atomic mass is 10.00. The number of anilines is 1. The molecule has 0 unspecified atom stereocenters. The van der Waals surface area contributed by atoms with Crippen LogP contribution in [0.2, 0.25) is 0 Å². The lowest BCUT2D eigenvalue weighted by Gasteiger charge is -2.34. The van der Waals surface area contributed by atoms with Crippen LogP contribution in [-0.2, 0) is 32.6 Å². The zero-order chi connectivity index (χ0) is 31.6. The van der Waals surface area contributed by atoms with Gasteiger partial charge in [-0.15, -0.1) is 0 Å². The van der Waals surface area contributed by atoms with Gasteiger partial charge in [0.2, 0.25) is 21.8 Å². The number of nitrogens with one attached hydrogen (secondary N) is 1. The third-order valence-corrected chi connectivity index (χ3v) is 7.83. The normalized spacial score (nSPS) is 12.3. The molecule has 232 valence electrons. The lowest BCUT2D eigenvalue weighted by molar-refractivity contribution is -0.142. The number of amides is 2. The maximum absolute atomic E-state index is 14.8. The van der Waals surface area contributed by atoms with Crippen molar-refractivity contribution in [3.8, 4) is 5.75 Å². The third-order valence-electron chi connectivity index (χ3n) is 6.65. The molecule has 0 aliphatic carbocycles. The summed E-state index contributed by atoms with van der Waals surface area (Å²) in [6.45, 7) is 7.63. The van der Waals surface area contributed by atoms with Crippen molar-refractivity contribution in [2.24, 2.45) is 0 Å². The molecule has 0 radical (unpaired) electrons. The van der Waals surface area contributed by atoms with Crippen LogP contribution in [0, 0.1) is 5.82 Å². The van der Waals surface area contributed by atoms with Gasteiger partial charge < -0.3 is 15.0 Å². The SMILES string of the molecule is CCOc1ccccc1N(CCCC(=O)N(Cc1ccccc1F)[C@@H](Cc1ccccc1)C(=O)NC(C)(C)C)S(C)(=O)=O. The van der Waals surface area contributed by atoms with E-state index in [-0.39, 0.29) is 49.7 Å². The van der Waals surface area contributed by atoms with E-state index in [1.165, 1.54) is 15.3 Å². The van der Waals surface area contributed by atoms with E-state index in [1.807, 2.05) is 58.0 Å². The van der Waals surface area contributed by atoms with Gasteiger partial charge in [0.15, 0.2) is 0 Å². The standard InChI is InChI=1S/C33H42FN3O5S/c1-6-42-30-20-13-12-19-28(30)37(43(5,40)41)22-14-21-31(38)36(24-26-17-10-11-18-27(26)34)29(32(39)35-33(2,3)4)23-25-15-8-7-9-16-25/h7-13,15-20,29H,6,14,21-24H2,1-5H3,(H,35,39)/t29-/m0/s1. The van der Waals surface area contributed by atoms with Gasteiger partial charge in [0.1, 0.15) is 17.6 Å². The first-order valence-electron chi connectivity index (χ1n) is 14.4. The summed E-state index contributed by atoms with van der Waals surface area (Å²) >= 11 is 0. The van der Waals surface area contributed by atoms with Crippen molar-refractivity contribution in [1.29, 1.82) is 0 Å². The fourth-order valence-electron chi connectivity index (χ4n) is 4.74. The largest absolute Gasteiger partial charge is 0.492 e. The maximum Gasteiger partial charge on any atom is 0.243 e. The first-order valence-corrected chi connectivity index (χ1v) is 16.2. The molecule has 3 rings (SSSR count). The van der Waals surface area contributed by atoms with Gasteiger partial charge in [-0.2, -0.15) is 0 Å². The number of ether oxygens (including phenoxy) is 1. The number of hydrogen-bond donors (Lipinski definition) is 1. The number of sulfonamides is 1. The van der Waals surface area contributed by atoms with Crippen LogP contribution < -0.4 is 14.4 Å². The Morgan fingerprint density at radius 3 is 2.21 bits per heavy atom. The molecule has 3 aromatic rings. The average Bonchev–Trinajstić information content (AvgIpc) is 2.93. The molecule has 0 heterocycles. The van der Waals surface area contributed by atoms with Gasteiger partial charge in [0.25, 0.3) is 0 Å². The summed E-state index contributed by atoms with van der Waals surface area (Å²) in [7, 11) is -3.71. The van der Waals surface area contributed by atoms with Gasteiger partial charge >= 0.3 is 0 Å². The topological polar surface area (TPSA) is 96.0 Å². The Morgan fingerprint density at radius 1 is 0.953 bits per heavy atom. The minimum atomic E-state index is -3.71. The number of benzene rings is 3. The van der Waals surface area contributed by atoms with Crippen LogP contribution in [0.25, 0.3) is 0 Å². The summed E-state index contributed by atoms with van der Waals surface area (Å²) in [5.74, 6) is -0.806. The van der Waals surface area contributed by atoms with E-state index in [0.29, 0.717) is 18.0 Å². The number of carbonyl (C=O) groups excluding carboxylic acids is 2. The Kier molecular flexibility index (Phi) is 11.7. The number of carbonyl (C=O) groups is 2. The van der Waals surface area contributed by atoms with Crippen LogP contribution in [-0.4, -0.2) is 56.1 Å². The lowest BCUT2D eigenvalue weighted by Crippen LogP contribution is -2.54. The molecule has 0 aliphatic heterocycles. The smallest absolute Gasteiger partial charge is 0.243 e. The van der Waals surface area contributed by atoms with E-state index >= 15 is 0 Å². The van der Waals surface area contributed by atoms with Gasteiger partial charge in [-0.05, 0) is 57.9 Å². The van der Waals surface area contributed by atoms with Gasteiger partial charge in [-0.1, -0.05) is 60.7 Å². The molecule has 1 N–H and O–H groups in total. The Morgan fingerprint density at radius 2 is 1.58 bits per heavy atom. The van der Waals surface area contributed by atoms with Crippen LogP contribution in [0.5, 0.6) is 5.75 Å². The third kappa shape index (κ3) is 10.1. The second-order valence-corrected chi connectivity index (χ2v) is 13.3. The molecule has 0 fully saturated rings. The van der Waals surface area contributed by atoms with Crippen molar-refractivity contribution in [3.63, 3.8) is 0 Å². The van der Waals surface area contributed by atoms with E-state index in [0.717, 1.165) is 11.8 Å². The highest BCUT2D eigenvalue weighted by Gasteiger charge is 2.33. The van der Waals surface area contributed by atoms with Gasteiger partial charge in [0.05, 0.1) is 18.6 Å². The molecule has 0 spiro atoms. The second-order valence-electron chi connectivity index (χ2n) is 11.4. The quantitative estimate of drug-likeness (QED) is 0.266. The molecule has 8 nitrogen and oxygen atoms in total. The molecule has 43 heavy (non-hydrogen) atoms. The summed E-state index contributed by atoms with van der Waals surface area (Å²) in [5, 5.41) is 2.98. The molecule has 0 aliphatic rings. The van der Waals surface area contributed by atoms with Gasteiger partial charge in [-0.3, -0.25) is 13.9 Å². The average molecular weight is 612 g/mol.